The molecule has 0 spiro atoms. The summed E-state index contributed by atoms with van der Waals surface area (Å²) in [6.07, 6.45) is 10.1. The van der Waals surface area contributed by atoms with Crippen LogP contribution in [0.1, 0.15) is 56.1 Å². The van der Waals surface area contributed by atoms with Crippen LogP contribution >= 0.6 is 11.6 Å². The Morgan fingerprint density at radius 1 is 1.30 bits per heavy atom. The van der Waals surface area contributed by atoms with Crippen LogP contribution in [0.4, 0.5) is 4.39 Å². The van der Waals surface area contributed by atoms with E-state index in [0.29, 0.717) is 11.7 Å². The van der Waals surface area contributed by atoms with E-state index in [1.807, 2.05) is 0 Å². The Labute approximate surface area is 201 Å². The third kappa shape index (κ3) is 6.40. The zero-order valence-electron chi connectivity index (χ0n) is 19.2. The molecule has 2 fully saturated rings. The first kappa shape index (κ1) is 24.3. The van der Waals surface area contributed by atoms with Gasteiger partial charge in [0.15, 0.2) is 0 Å². The summed E-state index contributed by atoms with van der Waals surface area (Å²) in [4.78, 5) is 2.39. The molecule has 1 saturated carbocycles. The maximum Gasteiger partial charge on any atom is 0.229 e. The fraction of sp³-hybridized carbons (Fsp3) is 0.520. The van der Waals surface area contributed by atoms with Gasteiger partial charge < -0.3 is 4.74 Å². The molecular weight excluding hydrogens is 463 g/mol. The number of hydrogen-bond donors (Lipinski definition) is 1. The van der Waals surface area contributed by atoms with Crippen LogP contribution in [-0.4, -0.2) is 50.7 Å². The number of likely N-dealkylation sites (tertiary alicyclic amines) is 1. The molecule has 1 saturated heterocycles. The quantitative estimate of drug-likeness (QED) is 0.519. The summed E-state index contributed by atoms with van der Waals surface area (Å²) >= 11 is 6.42. The van der Waals surface area contributed by atoms with Gasteiger partial charge in [0.2, 0.25) is 10.0 Å². The second kappa shape index (κ2) is 9.80. The zero-order valence-corrected chi connectivity index (χ0v) is 20.8. The summed E-state index contributed by atoms with van der Waals surface area (Å²) < 4.78 is 46.7. The van der Waals surface area contributed by atoms with Crippen LogP contribution in [0.25, 0.3) is 5.70 Å². The Kier molecular flexibility index (Phi) is 7.22. The van der Waals surface area contributed by atoms with Gasteiger partial charge in [-0.15, -0.1) is 11.6 Å². The molecule has 5 nitrogen and oxygen atoms in total. The number of nitrogens with one attached hydrogen (secondary N) is 1. The van der Waals surface area contributed by atoms with Crippen molar-refractivity contribution < 1.29 is 17.5 Å². The SMILES string of the molecule is C=C(NS(C)(=O)=O)c1cc(C2CC2)c(O[C@@H]2CCCN(CC3=CC=C(C)C(Cl)C3)C2)cc1F. The molecule has 1 N–H and O–H groups in total. The number of allylic oxidation sites excluding steroid dienone is 3. The monoisotopic (exact) mass is 494 g/mol. The summed E-state index contributed by atoms with van der Waals surface area (Å²) in [6.45, 7) is 8.43. The molecule has 8 heteroatoms. The average molecular weight is 495 g/mol. The lowest BCUT2D eigenvalue weighted by Gasteiger charge is -2.34. The van der Waals surface area contributed by atoms with Gasteiger partial charge in [0.1, 0.15) is 17.7 Å². The minimum absolute atomic E-state index is 0.0212. The number of sulfonamides is 1. The number of nitrogens with zero attached hydrogens (tertiary/aromatic N) is 1. The number of piperidine rings is 1. The van der Waals surface area contributed by atoms with Crippen LogP contribution in [0.5, 0.6) is 5.75 Å². The van der Waals surface area contributed by atoms with Gasteiger partial charge in [0.05, 0.1) is 17.3 Å². The fourth-order valence-electron chi connectivity index (χ4n) is 4.55. The van der Waals surface area contributed by atoms with Crippen LogP contribution in [0, 0.1) is 5.82 Å². The second-order valence-corrected chi connectivity index (χ2v) is 11.8. The molecule has 2 atom stereocenters. The number of hydrogen-bond acceptors (Lipinski definition) is 4. The molecule has 33 heavy (non-hydrogen) atoms. The van der Waals surface area contributed by atoms with E-state index in [-0.39, 0.29) is 22.7 Å². The van der Waals surface area contributed by atoms with Gasteiger partial charge in [0.25, 0.3) is 0 Å². The summed E-state index contributed by atoms with van der Waals surface area (Å²) in [5.74, 6) is 0.341. The molecule has 1 heterocycles. The van der Waals surface area contributed by atoms with E-state index < -0.39 is 15.8 Å². The molecule has 180 valence electrons. The summed E-state index contributed by atoms with van der Waals surface area (Å²) in [5.41, 5.74) is 3.67. The summed E-state index contributed by atoms with van der Waals surface area (Å²) in [7, 11) is -3.53. The Morgan fingerprint density at radius 2 is 2.06 bits per heavy atom. The van der Waals surface area contributed by atoms with E-state index in [2.05, 4.69) is 35.3 Å². The van der Waals surface area contributed by atoms with Crippen LogP contribution in [0.2, 0.25) is 0 Å². The topological polar surface area (TPSA) is 58.6 Å². The predicted octanol–water partition coefficient (Wildman–Crippen LogP) is 4.95. The van der Waals surface area contributed by atoms with Crippen molar-refractivity contribution in [1.29, 1.82) is 0 Å². The van der Waals surface area contributed by atoms with Crippen LogP contribution in [0.15, 0.2) is 42.0 Å². The van der Waals surface area contributed by atoms with Gasteiger partial charge in [-0.2, -0.15) is 0 Å². The second-order valence-electron chi connectivity index (χ2n) is 9.52. The van der Waals surface area contributed by atoms with Gasteiger partial charge in [-0.1, -0.05) is 29.9 Å². The van der Waals surface area contributed by atoms with Gasteiger partial charge in [-0.05, 0) is 63.1 Å². The third-order valence-corrected chi connectivity index (χ3v) is 7.57. The molecular formula is C25H32ClFN2O3S. The van der Waals surface area contributed by atoms with Gasteiger partial charge in [0, 0.05) is 24.7 Å². The van der Waals surface area contributed by atoms with Gasteiger partial charge in [-0.25, -0.2) is 12.8 Å². The molecule has 0 radical (unpaired) electrons. The van der Waals surface area contributed by atoms with E-state index in [1.54, 1.807) is 6.07 Å². The van der Waals surface area contributed by atoms with Crippen LogP contribution in [0.3, 0.4) is 0 Å². The van der Waals surface area contributed by atoms with Crippen molar-refractivity contribution in [2.75, 3.05) is 25.9 Å². The van der Waals surface area contributed by atoms with Crippen molar-refractivity contribution in [2.24, 2.45) is 0 Å². The Morgan fingerprint density at radius 3 is 2.73 bits per heavy atom. The van der Waals surface area contributed by atoms with Crippen molar-refractivity contribution in [1.82, 2.24) is 9.62 Å². The number of alkyl halides is 1. The minimum Gasteiger partial charge on any atom is -0.489 e. The highest BCUT2D eigenvalue weighted by Gasteiger charge is 2.31. The molecule has 1 aromatic carbocycles. The lowest BCUT2D eigenvalue weighted by Crippen LogP contribution is -2.42. The zero-order chi connectivity index (χ0) is 23.8. The highest BCUT2D eigenvalue weighted by molar-refractivity contribution is 7.89. The van der Waals surface area contributed by atoms with Crippen molar-refractivity contribution in [3.8, 4) is 5.75 Å². The third-order valence-electron chi connectivity index (χ3n) is 6.45. The first-order valence-electron chi connectivity index (χ1n) is 11.5. The summed E-state index contributed by atoms with van der Waals surface area (Å²) in [6, 6.07) is 3.10. The normalized spacial score (nSPS) is 24.1. The first-order valence-corrected chi connectivity index (χ1v) is 13.8. The molecule has 3 aliphatic rings. The molecule has 1 aliphatic heterocycles. The molecule has 4 rings (SSSR count). The summed E-state index contributed by atoms with van der Waals surface area (Å²) in [5, 5.41) is 0.0661. The van der Waals surface area contributed by atoms with Crippen molar-refractivity contribution in [2.45, 2.75) is 56.4 Å². The average Bonchev–Trinajstić information content (AvgIpc) is 3.55. The Balaban J connectivity index is 1.47. The highest BCUT2D eigenvalue weighted by atomic mass is 35.5. The van der Waals surface area contributed by atoms with E-state index in [4.69, 9.17) is 16.3 Å². The molecule has 0 aromatic heterocycles. The van der Waals surface area contributed by atoms with E-state index >= 15 is 0 Å². The first-order chi connectivity index (χ1) is 15.6. The van der Waals surface area contributed by atoms with E-state index in [0.717, 1.165) is 63.6 Å². The van der Waals surface area contributed by atoms with E-state index in [1.165, 1.54) is 17.2 Å². The molecule has 2 aliphatic carbocycles. The fourth-order valence-corrected chi connectivity index (χ4v) is 5.38. The van der Waals surface area contributed by atoms with Crippen LogP contribution in [-0.2, 0) is 10.0 Å². The number of halogens is 2. The standard InChI is InChI=1S/C25H32ClFN2O3S/c1-16-6-7-18(11-23(16)26)14-29-10-4-5-20(15-29)32-25-13-24(27)21(12-22(25)19-8-9-19)17(2)28-33(3,30)31/h6-7,12-13,19-20,23,28H,2,4-5,8-11,14-15H2,1,3H3/t20-,23?/m1/s1. The highest BCUT2D eigenvalue weighted by Crippen LogP contribution is 2.46. The van der Waals surface area contributed by atoms with Crippen molar-refractivity contribution >= 4 is 27.3 Å². The molecule has 0 amide bonds. The molecule has 1 aromatic rings. The van der Waals surface area contributed by atoms with E-state index in [9.17, 15) is 12.8 Å². The maximum atomic E-state index is 14.9. The van der Waals surface area contributed by atoms with Gasteiger partial charge >= 0.3 is 0 Å². The van der Waals surface area contributed by atoms with Gasteiger partial charge in [-0.3, -0.25) is 9.62 Å². The smallest absolute Gasteiger partial charge is 0.229 e. The molecule has 1 unspecified atom stereocenters. The van der Waals surface area contributed by atoms with Crippen molar-refractivity contribution in [3.63, 3.8) is 0 Å². The Bertz CT molecular complexity index is 1100. The van der Waals surface area contributed by atoms with Crippen LogP contribution < -0.4 is 9.46 Å². The Hall–Kier alpha value is -1.83. The molecule has 0 bridgehead atoms. The lowest BCUT2D eigenvalue weighted by molar-refractivity contribution is 0.0926. The minimum atomic E-state index is -3.53. The maximum absolute atomic E-state index is 14.9. The number of benzene rings is 1. The lowest BCUT2D eigenvalue weighted by atomic mass is 9.97. The number of ether oxygens (including phenoxy) is 1. The number of rotatable bonds is 8. The van der Waals surface area contributed by atoms with Crippen molar-refractivity contribution in [3.05, 3.63) is 59.0 Å². The largest absolute Gasteiger partial charge is 0.489 e. The predicted molar refractivity (Wildman–Crippen MR) is 132 cm³/mol.